The standard InChI is InChI=1S/C20H16N2O4S/c1-26-19-10-9-14(12-18(19)23)17-13-22(20-16(17)8-5-11-21-20)27(24,25)15-6-3-2-4-7-15/h2-13,23H,1H3. The smallest absolute Gasteiger partial charge is 0.269 e. The maximum Gasteiger partial charge on any atom is 0.269 e. The number of aromatic nitrogens is 2. The number of hydrogen-bond donors (Lipinski definition) is 1. The summed E-state index contributed by atoms with van der Waals surface area (Å²) in [6.07, 6.45) is 3.08. The van der Waals surface area contributed by atoms with Gasteiger partial charge < -0.3 is 9.84 Å². The zero-order chi connectivity index (χ0) is 19.0. The molecule has 2 heterocycles. The number of rotatable bonds is 4. The fraction of sp³-hybridized carbons (Fsp3) is 0.0500. The Morgan fingerprint density at radius 1 is 1.04 bits per heavy atom. The lowest BCUT2D eigenvalue weighted by Gasteiger charge is -2.06. The minimum absolute atomic E-state index is 0.0225. The van der Waals surface area contributed by atoms with E-state index in [0.29, 0.717) is 27.9 Å². The second kappa shape index (κ2) is 6.44. The minimum Gasteiger partial charge on any atom is -0.504 e. The van der Waals surface area contributed by atoms with Crippen molar-refractivity contribution in [3.05, 3.63) is 73.1 Å². The molecule has 0 aliphatic heterocycles. The van der Waals surface area contributed by atoms with Gasteiger partial charge in [-0.15, -0.1) is 0 Å². The van der Waals surface area contributed by atoms with E-state index in [0.717, 1.165) is 0 Å². The predicted octanol–water partition coefficient (Wildman–Crippen LogP) is 3.65. The second-order valence-electron chi connectivity index (χ2n) is 5.92. The molecule has 136 valence electrons. The Hall–Kier alpha value is -3.32. The van der Waals surface area contributed by atoms with Crippen molar-refractivity contribution in [3.63, 3.8) is 0 Å². The van der Waals surface area contributed by atoms with Crippen LogP contribution in [-0.2, 0) is 10.0 Å². The molecule has 0 saturated carbocycles. The van der Waals surface area contributed by atoms with Crippen LogP contribution in [0.1, 0.15) is 0 Å². The van der Waals surface area contributed by atoms with Gasteiger partial charge in [-0.2, -0.15) is 0 Å². The molecule has 4 aromatic rings. The van der Waals surface area contributed by atoms with E-state index in [1.54, 1.807) is 66.9 Å². The number of benzene rings is 2. The van der Waals surface area contributed by atoms with Crippen LogP contribution >= 0.6 is 0 Å². The number of pyridine rings is 1. The minimum atomic E-state index is -3.81. The molecule has 1 N–H and O–H groups in total. The molecule has 0 aliphatic rings. The number of fused-ring (bicyclic) bond motifs is 1. The predicted molar refractivity (Wildman–Crippen MR) is 102 cm³/mol. The average molecular weight is 380 g/mol. The molecule has 2 aromatic heterocycles. The molecule has 2 aromatic carbocycles. The number of methoxy groups -OCH3 is 1. The van der Waals surface area contributed by atoms with Crippen LogP contribution in [0.5, 0.6) is 11.5 Å². The van der Waals surface area contributed by atoms with E-state index in [9.17, 15) is 13.5 Å². The van der Waals surface area contributed by atoms with Crippen molar-refractivity contribution in [1.29, 1.82) is 0 Å². The second-order valence-corrected chi connectivity index (χ2v) is 7.73. The first-order valence-corrected chi connectivity index (χ1v) is 9.60. The van der Waals surface area contributed by atoms with Crippen LogP contribution in [0.2, 0.25) is 0 Å². The van der Waals surface area contributed by atoms with E-state index in [1.165, 1.54) is 17.3 Å². The monoisotopic (exact) mass is 380 g/mol. The summed E-state index contributed by atoms with van der Waals surface area (Å²) in [5.74, 6) is 0.322. The molecule has 0 unspecified atom stereocenters. The van der Waals surface area contributed by atoms with Crippen LogP contribution < -0.4 is 4.74 Å². The van der Waals surface area contributed by atoms with E-state index in [-0.39, 0.29) is 10.6 Å². The molecule has 0 bridgehead atoms. The van der Waals surface area contributed by atoms with Gasteiger partial charge in [0.2, 0.25) is 0 Å². The van der Waals surface area contributed by atoms with Gasteiger partial charge >= 0.3 is 0 Å². The molecule has 0 radical (unpaired) electrons. The number of hydrogen-bond acceptors (Lipinski definition) is 5. The Morgan fingerprint density at radius 3 is 2.52 bits per heavy atom. The van der Waals surface area contributed by atoms with Gasteiger partial charge in [0, 0.05) is 23.3 Å². The molecule has 0 fully saturated rings. The van der Waals surface area contributed by atoms with Crippen LogP contribution in [-0.4, -0.2) is 29.6 Å². The lowest BCUT2D eigenvalue weighted by Crippen LogP contribution is -2.12. The average Bonchev–Trinajstić information content (AvgIpc) is 3.09. The zero-order valence-corrected chi connectivity index (χ0v) is 15.2. The summed E-state index contributed by atoms with van der Waals surface area (Å²) in [6, 6.07) is 16.7. The van der Waals surface area contributed by atoms with Crippen molar-refractivity contribution in [2.75, 3.05) is 7.11 Å². The highest BCUT2D eigenvalue weighted by atomic mass is 32.2. The summed E-state index contributed by atoms with van der Waals surface area (Å²) in [4.78, 5) is 4.45. The highest BCUT2D eigenvalue weighted by Crippen LogP contribution is 2.36. The molecular weight excluding hydrogens is 364 g/mol. The molecular formula is C20H16N2O4S. The van der Waals surface area contributed by atoms with Crippen molar-refractivity contribution < 1.29 is 18.3 Å². The van der Waals surface area contributed by atoms with Gasteiger partial charge in [0.15, 0.2) is 17.1 Å². The van der Waals surface area contributed by atoms with Crippen LogP contribution in [0, 0.1) is 0 Å². The molecule has 0 spiro atoms. The van der Waals surface area contributed by atoms with Crippen molar-refractivity contribution >= 4 is 21.1 Å². The number of ether oxygens (including phenoxy) is 1. The summed E-state index contributed by atoms with van der Waals surface area (Å²) in [5, 5.41) is 10.8. The van der Waals surface area contributed by atoms with E-state index in [2.05, 4.69) is 4.98 Å². The molecule has 6 nitrogen and oxygen atoms in total. The van der Waals surface area contributed by atoms with Crippen LogP contribution in [0.25, 0.3) is 22.2 Å². The molecule has 0 saturated heterocycles. The number of nitrogens with zero attached hydrogens (tertiary/aromatic N) is 2. The third kappa shape index (κ3) is 2.82. The molecule has 27 heavy (non-hydrogen) atoms. The molecule has 0 amide bonds. The summed E-state index contributed by atoms with van der Waals surface area (Å²) >= 11 is 0. The van der Waals surface area contributed by atoms with Crippen LogP contribution in [0.4, 0.5) is 0 Å². The Kier molecular flexibility index (Phi) is 4.08. The maximum absolute atomic E-state index is 13.1. The largest absolute Gasteiger partial charge is 0.504 e. The highest BCUT2D eigenvalue weighted by molar-refractivity contribution is 7.90. The Morgan fingerprint density at radius 2 is 1.81 bits per heavy atom. The first-order chi connectivity index (χ1) is 13.0. The fourth-order valence-electron chi connectivity index (χ4n) is 3.01. The first kappa shape index (κ1) is 17.1. The third-order valence-electron chi connectivity index (χ3n) is 4.32. The van der Waals surface area contributed by atoms with Crippen molar-refractivity contribution in [3.8, 4) is 22.6 Å². The van der Waals surface area contributed by atoms with Crippen molar-refractivity contribution in [2.45, 2.75) is 4.90 Å². The van der Waals surface area contributed by atoms with Gasteiger partial charge in [-0.25, -0.2) is 17.4 Å². The lowest BCUT2D eigenvalue weighted by molar-refractivity contribution is 0.373. The van der Waals surface area contributed by atoms with Gasteiger partial charge in [0.1, 0.15) is 0 Å². The molecule has 0 aliphatic carbocycles. The van der Waals surface area contributed by atoms with E-state index in [4.69, 9.17) is 4.74 Å². The SMILES string of the molecule is COc1ccc(-c2cn(S(=O)(=O)c3ccccc3)c3ncccc23)cc1O. The van der Waals surface area contributed by atoms with Crippen LogP contribution in [0.3, 0.4) is 0 Å². The van der Waals surface area contributed by atoms with E-state index in [1.807, 2.05) is 0 Å². The summed E-state index contributed by atoms with van der Waals surface area (Å²) in [7, 11) is -2.34. The molecule has 4 rings (SSSR count). The van der Waals surface area contributed by atoms with Crippen molar-refractivity contribution in [1.82, 2.24) is 8.96 Å². The number of phenolic OH excluding ortho intramolecular Hbond substituents is 1. The lowest BCUT2D eigenvalue weighted by atomic mass is 10.1. The van der Waals surface area contributed by atoms with Crippen LogP contribution in [0.15, 0.2) is 78.0 Å². The number of aromatic hydroxyl groups is 1. The number of phenols is 1. The van der Waals surface area contributed by atoms with Gasteiger partial charge in [0.05, 0.1) is 12.0 Å². The topological polar surface area (TPSA) is 81.4 Å². The maximum atomic E-state index is 13.1. The summed E-state index contributed by atoms with van der Waals surface area (Å²) in [6.45, 7) is 0. The van der Waals surface area contributed by atoms with Gasteiger partial charge in [-0.05, 0) is 42.0 Å². The Labute approximate surface area is 156 Å². The van der Waals surface area contributed by atoms with E-state index >= 15 is 0 Å². The summed E-state index contributed by atoms with van der Waals surface area (Å²) in [5.41, 5.74) is 1.63. The molecule has 7 heteroatoms. The van der Waals surface area contributed by atoms with Gasteiger partial charge in [0.25, 0.3) is 10.0 Å². The van der Waals surface area contributed by atoms with E-state index < -0.39 is 10.0 Å². The summed E-state index contributed by atoms with van der Waals surface area (Å²) < 4.78 is 32.5. The van der Waals surface area contributed by atoms with Crippen molar-refractivity contribution in [2.24, 2.45) is 0 Å². The normalized spacial score (nSPS) is 11.6. The van der Waals surface area contributed by atoms with Gasteiger partial charge in [-0.3, -0.25) is 0 Å². The third-order valence-corrected chi connectivity index (χ3v) is 5.99. The highest BCUT2D eigenvalue weighted by Gasteiger charge is 2.22. The molecule has 0 atom stereocenters. The quantitative estimate of drug-likeness (QED) is 0.584. The first-order valence-electron chi connectivity index (χ1n) is 8.16. The van der Waals surface area contributed by atoms with Gasteiger partial charge in [-0.1, -0.05) is 24.3 Å². The Bertz CT molecular complexity index is 1230. The zero-order valence-electron chi connectivity index (χ0n) is 14.4. The fourth-order valence-corrected chi connectivity index (χ4v) is 4.35. The Balaban J connectivity index is 1.97.